The zero-order chi connectivity index (χ0) is 21.0. The molecule has 29 heavy (non-hydrogen) atoms. The monoisotopic (exact) mass is 394 g/mol. The van der Waals surface area contributed by atoms with Gasteiger partial charge in [-0.15, -0.1) is 0 Å². The van der Waals surface area contributed by atoms with Crippen molar-refractivity contribution in [3.63, 3.8) is 0 Å². The molecule has 0 bridgehead atoms. The molecule has 1 atom stereocenters. The van der Waals surface area contributed by atoms with Crippen molar-refractivity contribution in [3.8, 4) is 5.75 Å². The van der Waals surface area contributed by atoms with E-state index >= 15 is 0 Å². The Labute approximate surface area is 172 Å². The maximum Gasteiger partial charge on any atom is 0.261 e. The van der Waals surface area contributed by atoms with Gasteiger partial charge in [-0.25, -0.2) is 0 Å². The molecule has 0 aliphatic heterocycles. The van der Waals surface area contributed by atoms with Crippen molar-refractivity contribution in [2.75, 3.05) is 5.32 Å². The van der Waals surface area contributed by atoms with Crippen LogP contribution < -0.4 is 15.4 Å². The number of hydrogen-bond donors (Lipinski definition) is 2. The zero-order valence-corrected chi connectivity index (χ0v) is 17.6. The van der Waals surface area contributed by atoms with Crippen molar-refractivity contribution in [3.05, 3.63) is 59.7 Å². The first-order valence-corrected chi connectivity index (χ1v) is 10.2. The number of benzene rings is 2. The van der Waals surface area contributed by atoms with E-state index in [0.29, 0.717) is 12.3 Å². The van der Waals surface area contributed by atoms with E-state index in [1.807, 2.05) is 48.5 Å². The van der Waals surface area contributed by atoms with Gasteiger partial charge in [-0.3, -0.25) is 9.59 Å². The summed E-state index contributed by atoms with van der Waals surface area (Å²) in [5.74, 6) is 0.724. The Morgan fingerprint density at radius 1 is 1.10 bits per heavy atom. The van der Waals surface area contributed by atoms with Gasteiger partial charge in [-0.1, -0.05) is 45.0 Å². The van der Waals surface area contributed by atoms with E-state index in [1.165, 1.54) is 5.56 Å². The lowest BCUT2D eigenvalue weighted by molar-refractivity contribution is -0.127. The van der Waals surface area contributed by atoms with Crippen LogP contribution in [0.15, 0.2) is 48.5 Å². The average Bonchev–Trinajstić information content (AvgIpc) is 3.51. The third-order valence-electron chi connectivity index (χ3n) is 5.01. The van der Waals surface area contributed by atoms with E-state index in [2.05, 4.69) is 31.4 Å². The van der Waals surface area contributed by atoms with Crippen molar-refractivity contribution in [1.82, 2.24) is 5.32 Å². The second-order valence-corrected chi connectivity index (χ2v) is 8.72. The van der Waals surface area contributed by atoms with Gasteiger partial charge in [-0.2, -0.15) is 0 Å². The summed E-state index contributed by atoms with van der Waals surface area (Å²) >= 11 is 0. The summed E-state index contributed by atoms with van der Waals surface area (Å²) in [6.45, 7) is 8.59. The molecule has 3 rings (SSSR count). The molecular weight excluding hydrogens is 364 g/mol. The minimum Gasteiger partial charge on any atom is -0.481 e. The molecule has 0 spiro atoms. The van der Waals surface area contributed by atoms with Crippen LogP contribution in [0.3, 0.4) is 0 Å². The molecule has 0 unspecified atom stereocenters. The molecule has 2 aromatic carbocycles. The largest absolute Gasteiger partial charge is 0.481 e. The molecule has 0 saturated heterocycles. The van der Waals surface area contributed by atoms with Crippen molar-refractivity contribution in [2.45, 2.75) is 58.6 Å². The minimum absolute atomic E-state index is 0.0747. The first-order valence-electron chi connectivity index (χ1n) is 10.2. The average molecular weight is 395 g/mol. The highest BCUT2D eigenvalue weighted by Crippen LogP contribution is 2.30. The Morgan fingerprint density at radius 2 is 1.79 bits per heavy atom. The van der Waals surface area contributed by atoms with Gasteiger partial charge in [0.1, 0.15) is 5.75 Å². The number of carbonyl (C=O) groups excluding carboxylic acids is 2. The van der Waals surface area contributed by atoms with Gasteiger partial charge in [0.2, 0.25) is 5.91 Å². The molecule has 2 aromatic rings. The van der Waals surface area contributed by atoms with Crippen LogP contribution in [0, 0.1) is 5.92 Å². The standard InChI is InChI=1S/C24H30N2O3/c1-16(29-21-12-10-19(11-13-21)24(2,3)4)22(27)25-15-17-6-5-7-20(14-17)26-23(28)18-8-9-18/h5-7,10-14,16,18H,8-9,15H2,1-4H3,(H,25,27)(H,26,28)/t16-/m0/s1. The lowest BCUT2D eigenvalue weighted by atomic mass is 9.87. The van der Waals surface area contributed by atoms with Crippen LogP contribution in [0.4, 0.5) is 5.69 Å². The van der Waals surface area contributed by atoms with Crippen molar-refractivity contribution in [1.29, 1.82) is 0 Å². The smallest absolute Gasteiger partial charge is 0.261 e. The number of rotatable bonds is 7. The van der Waals surface area contributed by atoms with E-state index in [-0.39, 0.29) is 23.1 Å². The summed E-state index contributed by atoms with van der Waals surface area (Å²) < 4.78 is 5.77. The number of hydrogen-bond acceptors (Lipinski definition) is 3. The molecule has 5 nitrogen and oxygen atoms in total. The van der Waals surface area contributed by atoms with Gasteiger partial charge in [0, 0.05) is 18.2 Å². The Kier molecular flexibility index (Phi) is 6.26. The second kappa shape index (κ2) is 8.68. The first-order chi connectivity index (χ1) is 13.7. The molecule has 2 amide bonds. The highest BCUT2D eigenvalue weighted by molar-refractivity contribution is 5.94. The molecule has 2 N–H and O–H groups in total. The molecule has 1 saturated carbocycles. The second-order valence-electron chi connectivity index (χ2n) is 8.72. The van der Waals surface area contributed by atoms with Gasteiger partial charge >= 0.3 is 0 Å². The fourth-order valence-corrected chi connectivity index (χ4v) is 2.97. The number of carbonyl (C=O) groups is 2. The maximum absolute atomic E-state index is 12.4. The number of amides is 2. The van der Waals surface area contributed by atoms with Gasteiger partial charge < -0.3 is 15.4 Å². The lowest BCUT2D eigenvalue weighted by Crippen LogP contribution is -2.35. The minimum atomic E-state index is -0.603. The van der Waals surface area contributed by atoms with Crippen LogP contribution in [0.25, 0.3) is 0 Å². The zero-order valence-electron chi connectivity index (χ0n) is 17.6. The van der Waals surface area contributed by atoms with Crippen LogP contribution in [0.2, 0.25) is 0 Å². The Hall–Kier alpha value is -2.82. The SMILES string of the molecule is C[C@H](Oc1ccc(C(C)(C)C)cc1)C(=O)NCc1cccc(NC(=O)C2CC2)c1. The molecule has 1 aliphatic rings. The molecular formula is C24H30N2O3. The van der Waals surface area contributed by atoms with Gasteiger partial charge in [0.25, 0.3) is 5.91 Å². The molecule has 0 aromatic heterocycles. The summed E-state index contributed by atoms with van der Waals surface area (Å²) in [5, 5.41) is 5.82. The van der Waals surface area contributed by atoms with Crippen LogP contribution in [-0.2, 0) is 21.5 Å². The van der Waals surface area contributed by atoms with E-state index in [4.69, 9.17) is 4.74 Å². The van der Waals surface area contributed by atoms with Crippen molar-refractivity contribution < 1.29 is 14.3 Å². The van der Waals surface area contributed by atoms with E-state index < -0.39 is 6.10 Å². The van der Waals surface area contributed by atoms with Crippen LogP contribution >= 0.6 is 0 Å². The summed E-state index contributed by atoms with van der Waals surface area (Å²) in [5.41, 5.74) is 2.98. The van der Waals surface area contributed by atoms with Crippen molar-refractivity contribution in [2.24, 2.45) is 5.92 Å². The van der Waals surface area contributed by atoms with Crippen LogP contribution in [0.1, 0.15) is 51.7 Å². The van der Waals surface area contributed by atoms with Crippen molar-refractivity contribution >= 4 is 17.5 Å². The molecule has 0 radical (unpaired) electrons. The highest BCUT2D eigenvalue weighted by atomic mass is 16.5. The van der Waals surface area contributed by atoms with E-state index in [0.717, 1.165) is 24.1 Å². The summed E-state index contributed by atoms with van der Waals surface area (Å²) in [4.78, 5) is 24.3. The predicted octanol–water partition coefficient (Wildman–Crippen LogP) is 4.42. The third-order valence-corrected chi connectivity index (χ3v) is 5.01. The normalized spacial score (nSPS) is 14.8. The van der Waals surface area contributed by atoms with E-state index in [9.17, 15) is 9.59 Å². The first kappa shape index (κ1) is 20.9. The lowest BCUT2D eigenvalue weighted by Gasteiger charge is -2.20. The summed E-state index contributed by atoms with van der Waals surface area (Å²) in [7, 11) is 0. The molecule has 1 fully saturated rings. The number of anilines is 1. The molecule has 5 heteroatoms. The van der Waals surface area contributed by atoms with Gasteiger partial charge in [-0.05, 0) is 60.6 Å². The molecule has 154 valence electrons. The molecule has 0 heterocycles. The van der Waals surface area contributed by atoms with E-state index in [1.54, 1.807) is 6.92 Å². The molecule has 1 aliphatic carbocycles. The van der Waals surface area contributed by atoms with Gasteiger partial charge in [0.05, 0.1) is 0 Å². The predicted molar refractivity (Wildman–Crippen MR) is 115 cm³/mol. The van der Waals surface area contributed by atoms with Gasteiger partial charge in [0.15, 0.2) is 6.10 Å². The summed E-state index contributed by atoms with van der Waals surface area (Å²) in [6, 6.07) is 15.4. The Balaban J connectivity index is 1.50. The maximum atomic E-state index is 12.4. The van der Waals surface area contributed by atoms with Crippen LogP contribution in [0.5, 0.6) is 5.75 Å². The third kappa shape index (κ3) is 6.08. The number of nitrogens with one attached hydrogen (secondary N) is 2. The fraction of sp³-hybridized carbons (Fsp3) is 0.417. The highest BCUT2D eigenvalue weighted by Gasteiger charge is 2.29. The Bertz CT molecular complexity index is 864. The number of ether oxygens (including phenoxy) is 1. The summed E-state index contributed by atoms with van der Waals surface area (Å²) in [6.07, 6.45) is 1.34. The van der Waals surface area contributed by atoms with Crippen LogP contribution in [-0.4, -0.2) is 17.9 Å². The quantitative estimate of drug-likeness (QED) is 0.731. The Morgan fingerprint density at radius 3 is 2.41 bits per heavy atom. The fourth-order valence-electron chi connectivity index (χ4n) is 2.97. The topological polar surface area (TPSA) is 67.4 Å².